The van der Waals surface area contributed by atoms with Gasteiger partial charge in [-0.15, -0.1) is 0 Å². The second kappa shape index (κ2) is 5.92. The zero-order valence-corrected chi connectivity index (χ0v) is 11.8. The van der Waals surface area contributed by atoms with Crippen LogP contribution in [0.15, 0.2) is 42.5 Å². The lowest BCUT2D eigenvalue weighted by Crippen LogP contribution is -2.18. The Balaban J connectivity index is 2.24. The lowest BCUT2D eigenvalue weighted by atomic mass is 10.1. The highest BCUT2D eigenvalue weighted by Gasteiger charge is 2.09. The number of anilines is 1. The van der Waals surface area contributed by atoms with Crippen molar-refractivity contribution >= 4 is 23.1 Å². The molecule has 3 nitrogen and oxygen atoms in total. The van der Waals surface area contributed by atoms with E-state index in [4.69, 9.17) is 22.7 Å². The van der Waals surface area contributed by atoms with Crippen molar-refractivity contribution in [3.8, 4) is 0 Å². The Morgan fingerprint density at radius 1 is 1.30 bits per heavy atom. The van der Waals surface area contributed by atoms with Crippen LogP contribution in [0.2, 0.25) is 5.02 Å². The maximum absolute atomic E-state index is 13.4. The van der Waals surface area contributed by atoms with Crippen molar-refractivity contribution in [2.75, 3.05) is 11.9 Å². The van der Waals surface area contributed by atoms with Crippen molar-refractivity contribution in [3.05, 3.63) is 64.4 Å². The molecule has 3 N–H and O–H groups in total. The molecule has 5 heteroatoms. The van der Waals surface area contributed by atoms with Gasteiger partial charge in [-0.25, -0.2) is 4.39 Å². The van der Waals surface area contributed by atoms with Gasteiger partial charge in [-0.05, 0) is 23.8 Å². The van der Waals surface area contributed by atoms with E-state index in [-0.39, 0.29) is 10.9 Å². The van der Waals surface area contributed by atoms with Crippen molar-refractivity contribution in [1.29, 1.82) is 5.41 Å². The Hall–Kier alpha value is -2.07. The van der Waals surface area contributed by atoms with Gasteiger partial charge in [0, 0.05) is 24.8 Å². The molecule has 20 heavy (non-hydrogen) atoms. The predicted molar refractivity (Wildman–Crippen MR) is 81.0 cm³/mol. The highest BCUT2D eigenvalue weighted by atomic mass is 35.5. The summed E-state index contributed by atoms with van der Waals surface area (Å²) in [6, 6.07) is 12.1. The van der Waals surface area contributed by atoms with E-state index < -0.39 is 5.82 Å². The molecule has 0 unspecified atom stereocenters. The van der Waals surface area contributed by atoms with Crippen LogP contribution in [0.5, 0.6) is 0 Å². The molecule has 0 aromatic heterocycles. The van der Waals surface area contributed by atoms with Gasteiger partial charge in [-0.3, -0.25) is 5.41 Å². The molecule has 0 saturated carbocycles. The van der Waals surface area contributed by atoms with Gasteiger partial charge in [0.25, 0.3) is 0 Å². The Bertz CT molecular complexity index is 643. The van der Waals surface area contributed by atoms with E-state index in [1.807, 2.05) is 30.1 Å². The molecule has 0 spiro atoms. The van der Waals surface area contributed by atoms with Crippen LogP contribution in [0, 0.1) is 11.2 Å². The largest absolute Gasteiger partial charge is 0.384 e. The van der Waals surface area contributed by atoms with Crippen LogP contribution < -0.4 is 10.6 Å². The van der Waals surface area contributed by atoms with Crippen LogP contribution in [0.1, 0.15) is 11.1 Å². The molecule has 0 fully saturated rings. The minimum atomic E-state index is -0.421. The maximum Gasteiger partial charge on any atom is 0.142 e. The van der Waals surface area contributed by atoms with Crippen LogP contribution in [-0.2, 0) is 6.54 Å². The highest BCUT2D eigenvalue weighted by molar-refractivity contribution is 6.31. The monoisotopic (exact) mass is 291 g/mol. The summed E-state index contributed by atoms with van der Waals surface area (Å²) in [6.45, 7) is 0.470. The summed E-state index contributed by atoms with van der Waals surface area (Å²) >= 11 is 5.95. The summed E-state index contributed by atoms with van der Waals surface area (Å²) < 4.78 is 13.4. The SMILES string of the molecule is CN(Cc1cccc(F)c1Cl)c1cccc(C(=N)N)c1. The molecule has 2 aromatic carbocycles. The standard InChI is InChI=1S/C15H15ClFN3/c1-20(9-11-5-3-7-13(17)14(11)16)12-6-2-4-10(8-12)15(18)19/h2-8H,9H2,1H3,(H3,18,19). The van der Waals surface area contributed by atoms with Gasteiger partial charge in [0.2, 0.25) is 0 Å². The molecule has 2 aromatic rings. The quantitative estimate of drug-likeness (QED) is 0.670. The zero-order valence-electron chi connectivity index (χ0n) is 11.0. The molecule has 0 aliphatic rings. The number of nitrogen functional groups attached to an aromatic ring is 1. The number of halogens is 2. The van der Waals surface area contributed by atoms with Crippen molar-refractivity contribution in [2.24, 2.45) is 5.73 Å². The number of hydrogen-bond acceptors (Lipinski definition) is 2. The average molecular weight is 292 g/mol. The number of rotatable bonds is 4. The van der Waals surface area contributed by atoms with E-state index in [1.165, 1.54) is 6.07 Å². The minimum absolute atomic E-state index is 0.0176. The van der Waals surface area contributed by atoms with Gasteiger partial charge in [-0.1, -0.05) is 35.9 Å². The van der Waals surface area contributed by atoms with Crippen molar-refractivity contribution < 1.29 is 4.39 Å². The molecular weight excluding hydrogens is 277 g/mol. The van der Waals surface area contributed by atoms with Crippen LogP contribution >= 0.6 is 11.6 Å². The number of amidine groups is 1. The lowest BCUT2D eigenvalue weighted by Gasteiger charge is -2.20. The number of benzene rings is 2. The van der Waals surface area contributed by atoms with E-state index in [9.17, 15) is 4.39 Å². The fourth-order valence-corrected chi connectivity index (χ4v) is 2.11. The summed E-state index contributed by atoms with van der Waals surface area (Å²) in [5.74, 6) is -0.404. The highest BCUT2D eigenvalue weighted by Crippen LogP contribution is 2.23. The van der Waals surface area contributed by atoms with E-state index in [2.05, 4.69) is 0 Å². The van der Waals surface area contributed by atoms with Gasteiger partial charge >= 0.3 is 0 Å². The molecule has 0 saturated heterocycles. The number of nitrogens with one attached hydrogen (secondary N) is 1. The normalized spacial score (nSPS) is 10.3. The van der Waals surface area contributed by atoms with Gasteiger partial charge in [0.05, 0.1) is 5.02 Å². The second-order valence-electron chi connectivity index (χ2n) is 4.53. The average Bonchev–Trinajstić information content (AvgIpc) is 2.44. The molecule has 0 heterocycles. The van der Waals surface area contributed by atoms with Gasteiger partial charge in [0.15, 0.2) is 0 Å². The van der Waals surface area contributed by atoms with E-state index >= 15 is 0 Å². The van der Waals surface area contributed by atoms with Crippen molar-refractivity contribution in [1.82, 2.24) is 0 Å². The summed E-state index contributed by atoms with van der Waals surface area (Å²) in [5, 5.41) is 7.59. The van der Waals surface area contributed by atoms with Crippen LogP contribution in [0.3, 0.4) is 0 Å². The second-order valence-corrected chi connectivity index (χ2v) is 4.91. The Morgan fingerprint density at radius 2 is 2.00 bits per heavy atom. The van der Waals surface area contributed by atoms with Crippen molar-refractivity contribution in [3.63, 3.8) is 0 Å². The van der Waals surface area contributed by atoms with E-state index in [0.29, 0.717) is 17.7 Å². The fraction of sp³-hybridized carbons (Fsp3) is 0.133. The third-order valence-electron chi connectivity index (χ3n) is 3.04. The molecule has 0 amide bonds. The lowest BCUT2D eigenvalue weighted by molar-refractivity contribution is 0.625. The van der Waals surface area contributed by atoms with Gasteiger partial charge in [0.1, 0.15) is 11.7 Å². The Morgan fingerprint density at radius 3 is 2.70 bits per heavy atom. The summed E-state index contributed by atoms with van der Waals surface area (Å²) in [6.07, 6.45) is 0. The van der Waals surface area contributed by atoms with Crippen LogP contribution in [0.4, 0.5) is 10.1 Å². The van der Waals surface area contributed by atoms with Crippen LogP contribution in [-0.4, -0.2) is 12.9 Å². The molecule has 2 rings (SSSR count). The summed E-state index contributed by atoms with van der Waals surface area (Å²) in [7, 11) is 1.88. The third-order valence-corrected chi connectivity index (χ3v) is 3.46. The Labute approximate surface area is 122 Å². The summed E-state index contributed by atoms with van der Waals surface area (Å²) in [5.41, 5.74) is 7.72. The molecular formula is C15H15ClFN3. The van der Waals surface area contributed by atoms with Gasteiger partial charge < -0.3 is 10.6 Å². The smallest absolute Gasteiger partial charge is 0.142 e. The number of nitrogens with two attached hydrogens (primary N) is 1. The fourth-order valence-electron chi connectivity index (χ4n) is 1.93. The number of nitrogens with zero attached hydrogens (tertiary/aromatic N) is 1. The van der Waals surface area contributed by atoms with Gasteiger partial charge in [-0.2, -0.15) is 0 Å². The molecule has 0 aliphatic heterocycles. The molecule has 0 radical (unpaired) electrons. The van der Waals surface area contributed by atoms with Crippen molar-refractivity contribution in [2.45, 2.75) is 6.54 Å². The molecule has 0 atom stereocenters. The van der Waals surface area contributed by atoms with E-state index in [1.54, 1.807) is 18.2 Å². The van der Waals surface area contributed by atoms with Crippen LogP contribution in [0.25, 0.3) is 0 Å². The molecule has 104 valence electrons. The van der Waals surface area contributed by atoms with E-state index in [0.717, 1.165) is 5.69 Å². The molecule has 0 aliphatic carbocycles. The molecule has 0 bridgehead atoms. The summed E-state index contributed by atoms with van der Waals surface area (Å²) in [4.78, 5) is 1.92. The first-order chi connectivity index (χ1) is 9.49. The maximum atomic E-state index is 13.4. The first-order valence-electron chi connectivity index (χ1n) is 6.07. The topological polar surface area (TPSA) is 53.1 Å². The first-order valence-corrected chi connectivity index (χ1v) is 6.45. The zero-order chi connectivity index (χ0) is 14.7. The first kappa shape index (κ1) is 14.3. The predicted octanol–water partition coefficient (Wildman–Crippen LogP) is 3.40. The minimum Gasteiger partial charge on any atom is -0.384 e. The Kier molecular flexibility index (Phi) is 4.25. The number of hydrogen-bond donors (Lipinski definition) is 2. The third kappa shape index (κ3) is 3.08.